The number of carbonyl (C=O) groups is 1. The highest BCUT2D eigenvalue weighted by Crippen LogP contribution is 2.19. The highest BCUT2D eigenvalue weighted by atomic mass is 16.1. The number of nitrogens with one attached hydrogen (secondary N) is 2. The Morgan fingerprint density at radius 2 is 2.18 bits per heavy atom. The van der Waals surface area contributed by atoms with Crippen molar-refractivity contribution in [2.75, 3.05) is 12.3 Å². The molecule has 2 heterocycles. The Morgan fingerprint density at radius 3 is 2.77 bits per heavy atom. The molecule has 0 aliphatic carbocycles. The van der Waals surface area contributed by atoms with Crippen LogP contribution in [-0.4, -0.2) is 37.4 Å². The SMILES string of the molecule is CCC(CC)n1ncc(C(=O)NCCc2nc(N)n[nH]2)c1C. The van der Waals surface area contributed by atoms with Gasteiger partial charge in [0.25, 0.3) is 5.91 Å². The first-order chi connectivity index (χ1) is 10.6. The Morgan fingerprint density at radius 1 is 1.45 bits per heavy atom. The number of anilines is 1. The Balaban J connectivity index is 1.95. The summed E-state index contributed by atoms with van der Waals surface area (Å²) in [5, 5.41) is 13.7. The molecule has 22 heavy (non-hydrogen) atoms. The van der Waals surface area contributed by atoms with Crippen LogP contribution in [0.25, 0.3) is 0 Å². The van der Waals surface area contributed by atoms with E-state index in [9.17, 15) is 4.79 Å². The maximum Gasteiger partial charge on any atom is 0.254 e. The quantitative estimate of drug-likeness (QED) is 0.711. The average molecular weight is 305 g/mol. The van der Waals surface area contributed by atoms with Crippen LogP contribution in [0, 0.1) is 6.92 Å². The van der Waals surface area contributed by atoms with Gasteiger partial charge in [0.05, 0.1) is 17.8 Å². The number of aromatic nitrogens is 5. The second kappa shape index (κ2) is 7.06. The van der Waals surface area contributed by atoms with Crippen molar-refractivity contribution in [2.24, 2.45) is 0 Å². The molecule has 2 aromatic heterocycles. The summed E-state index contributed by atoms with van der Waals surface area (Å²) >= 11 is 0. The zero-order valence-electron chi connectivity index (χ0n) is 13.3. The van der Waals surface area contributed by atoms with Crippen molar-refractivity contribution in [3.05, 3.63) is 23.3 Å². The Labute approximate surface area is 129 Å². The minimum atomic E-state index is -0.123. The first-order valence-corrected chi connectivity index (χ1v) is 7.55. The van der Waals surface area contributed by atoms with Crippen LogP contribution in [0.2, 0.25) is 0 Å². The van der Waals surface area contributed by atoms with E-state index in [4.69, 9.17) is 5.73 Å². The van der Waals surface area contributed by atoms with Gasteiger partial charge in [0.2, 0.25) is 5.95 Å². The maximum absolute atomic E-state index is 12.2. The lowest BCUT2D eigenvalue weighted by Gasteiger charge is -2.15. The molecule has 0 fully saturated rings. The third-order valence-corrected chi connectivity index (χ3v) is 3.77. The number of H-pyrrole nitrogens is 1. The molecular weight excluding hydrogens is 282 g/mol. The molecule has 2 rings (SSSR count). The van der Waals surface area contributed by atoms with Crippen LogP contribution in [0.1, 0.15) is 54.6 Å². The van der Waals surface area contributed by atoms with E-state index in [0.717, 1.165) is 18.5 Å². The van der Waals surface area contributed by atoms with Crippen LogP contribution >= 0.6 is 0 Å². The van der Waals surface area contributed by atoms with E-state index >= 15 is 0 Å². The van der Waals surface area contributed by atoms with Gasteiger partial charge in [0, 0.05) is 18.7 Å². The van der Waals surface area contributed by atoms with Crippen LogP contribution in [0.15, 0.2) is 6.20 Å². The van der Waals surface area contributed by atoms with Crippen molar-refractivity contribution in [3.8, 4) is 0 Å². The summed E-state index contributed by atoms with van der Waals surface area (Å²) in [5.41, 5.74) is 6.94. The molecular formula is C14H23N7O. The van der Waals surface area contributed by atoms with Crippen molar-refractivity contribution < 1.29 is 4.79 Å². The number of nitrogens with two attached hydrogens (primary N) is 1. The molecule has 1 amide bonds. The van der Waals surface area contributed by atoms with Gasteiger partial charge in [-0.3, -0.25) is 14.6 Å². The standard InChI is InChI=1S/C14H23N7O/c1-4-10(5-2)21-9(3)11(8-17-21)13(22)16-7-6-12-18-14(15)20-19-12/h8,10H,4-7H2,1-3H3,(H,16,22)(H3,15,18,19,20). The lowest BCUT2D eigenvalue weighted by Crippen LogP contribution is -2.26. The summed E-state index contributed by atoms with van der Waals surface area (Å²) < 4.78 is 1.94. The fourth-order valence-corrected chi connectivity index (χ4v) is 2.46. The average Bonchev–Trinajstić information content (AvgIpc) is 3.07. The highest BCUT2D eigenvalue weighted by Gasteiger charge is 2.17. The third kappa shape index (κ3) is 3.44. The van der Waals surface area contributed by atoms with Crippen LogP contribution in [0.4, 0.5) is 5.95 Å². The largest absolute Gasteiger partial charge is 0.367 e. The van der Waals surface area contributed by atoms with E-state index in [1.54, 1.807) is 6.20 Å². The van der Waals surface area contributed by atoms with Crippen molar-refractivity contribution in [2.45, 2.75) is 46.1 Å². The molecule has 8 heteroatoms. The van der Waals surface area contributed by atoms with Gasteiger partial charge in [0.1, 0.15) is 5.82 Å². The van der Waals surface area contributed by atoms with Crippen molar-refractivity contribution in [3.63, 3.8) is 0 Å². The summed E-state index contributed by atoms with van der Waals surface area (Å²) in [6.45, 7) is 6.64. The van der Waals surface area contributed by atoms with Gasteiger partial charge in [-0.2, -0.15) is 10.1 Å². The van der Waals surface area contributed by atoms with Crippen LogP contribution in [0.3, 0.4) is 0 Å². The van der Waals surface area contributed by atoms with E-state index in [1.165, 1.54) is 0 Å². The second-order valence-corrected chi connectivity index (χ2v) is 5.20. The van der Waals surface area contributed by atoms with Gasteiger partial charge in [-0.15, -0.1) is 5.10 Å². The monoisotopic (exact) mass is 305 g/mol. The minimum Gasteiger partial charge on any atom is -0.367 e. The number of hydrogen-bond donors (Lipinski definition) is 3. The fraction of sp³-hybridized carbons (Fsp3) is 0.571. The molecule has 0 bridgehead atoms. The predicted octanol–water partition coefficient (Wildman–Crippen LogP) is 1.23. The van der Waals surface area contributed by atoms with Crippen molar-refractivity contribution in [1.82, 2.24) is 30.3 Å². The predicted molar refractivity (Wildman–Crippen MR) is 83.4 cm³/mol. The molecule has 0 radical (unpaired) electrons. The zero-order valence-corrected chi connectivity index (χ0v) is 13.3. The molecule has 0 unspecified atom stereocenters. The molecule has 0 spiro atoms. The minimum absolute atomic E-state index is 0.123. The third-order valence-electron chi connectivity index (χ3n) is 3.77. The Hall–Kier alpha value is -2.38. The second-order valence-electron chi connectivity index (χ2n) is 5.20. The number of amides is 1. The van der Waals surface area contributed by atoms with Crippen LogP contribution < -0.4 is 11.1 Å². The van der Waals surface area contributed by atoms with Crippen LogP contribution in [0.5, 0.6) is 0 Å². The molecule has 0 saturated carbocycles. The lowest BCUT2D eigenvalue weighted by atomic mass is 10.1. The molecule has 120 valence electrons. The van der Waals surface area contributed by atoms with Gasteiger partial charge in [-0.05, 0) is 19.8 Å². The number of carbonyl (C=O) groups excluding carboxylic acids is 1. The smallest absolute Gasteiger partial charge is 0.254 e. The van der Waals surface area contributed by atoms with E-state index < -0.39 is 0 Å². The summed E-state index contributed by atoms with van der Waals surface area (Å²) in [6, 6.07) is 0.332. The van der Waals surface area contributed by atoms with Gasteiger partial charge in [-0.1, -0.05) is 13.8 Å². The topological polar surface area (TPSA) is 115 Å². The summed E-state index contributed by atoms with van der Waals surface area (Å²) in [4.78, 5) is 16.2. The normalized spacial score (nSPS) is 11.1. The molecule has 0 aliphatic heterocycles. The summed E-state index contributed by atoms with van der Waals surface area (Å²) in [6.07, 6.45) is 4.17. The maximum atomic E-state index is 12.2. The van der Waals surface area contributed by atoms with E-state index in [1.807, 2.05) is 11.6 Å². The first-order valence-electron chi connectivity index (χ1n) is 7.55. The molecule has 0 aliphatic rings. The van der Waals surface area contributed by atoms with E-state index in [-0.39, 0.29) is 11.9 Å². The summed E-state index contributed by atoms with van der Waals surface area (Å²) in [7, 11) is 0. The number of hydrogen-bond acceptors (Lipinski definition) is 5. The van der Waals surface area contributed by atoms with Gasteiger partial charge in [-0.25, -0.2) is 0 Å². The summed E-state index contributed by atoms with van der Waals surface area (Å²) in [5.74, 6) is 0.744. The molecule has 0 atom stereocenters. The van der Waals surface area contributed by atoms with Crippen molar-refractivity contribution in [1.29, 1.82) is 0 Å². The van der Waals surface area contributed by atoms with Gasteiger partial charge in [0.15, 0.2) is 0 Å². The Bertz CT molecular complexity index is 627. The Kier molecular flexibility index (Phi) is 5.13. The van der Waals surface area contributed by atoms with E-state index in [0.29, 0.717) is 30.4 Å². The fourth-order valence-electron chi connectivity index (χ4n) is 2.46. The molecule has 8 nitrogen and oxygen atoms in total. The molecule has 2 aromatic rings. The van der Waals surface area contributed by atoms with Crippen LogP contribution in [-0.2, 0) is 6.42 Å². The van der Waals surface area contributed by atoms with Gasteiger partial charge < -0.3 is 11.1 Å². The number of nitrogens with zero attached hydrogens (tertiary/aromatic N) is 4. The molecule has 0 aromatic carbocycles. The van der Waals surface area contributed by atoms with Gasteiger partial charge >= 0.3 is 0 Å². The highest BCUT2D eigenvalue weighted by molar-refractivity contribution is 5.95. The zero-order chi connectivity index (χ0) is 16.1. The number of rotatable bonds is 7. The van der Waals surface area contributed by atoms with Crippen molar-refractivity contribution >= 4 is 11.9 Å². The lowest BCUT2D eigenvalue weighted by molar-refractivity contribution is 0.0953. The molecule has 4 N–H and O–H groups in total. The molecule has 0 saturated heterocycles. The number of nitrogen functional groups attached to an aromatic ring is 1. The van der Waals surface area contributed by atoms with E-state index in [2.05, 4.69) is 39.4 Å². The first kappa shape index (κ1) is 16.0. The number of aromatic amines is 1.